The number of carbonyl (C=O) groups is 1. The van der Waals surface area contributed by atoms with Gasteiger partial charge in [0.2, 0.25) is 0 Å². The fraction of sp³-hybridized carbons (Fsp3) is 0.333. The summed E-state index contributed by atoms with van der Waals surface area (Å²) in [7, 11) is 2.10. The minimum atomic E-state index is -0.248. The maximum Gasteiger partial charge on any atom is 0.340 e. The van der Waals surface area contributed by atoms with E-state index < -0.39 is 0 Å². The van der Waals surface area contributed by atoms with Crippen LogP contribution in [0.3, 0.4) is 0 Å². The summed E-state index contributed by atoms with van der Waals surface area (Å²) in [5.41, 5.74) is 3.64. The van der Waals surface area contributed by atoms with Gasteiger partial charge in [-0.2, -0.15) is 0 Å². The molecule has 0 saturated carbocycles. The first-order valence-electron chi connectivity index (χ1n) is 7.78. The second-order valence-electron chi connectivity index (χ2n) is 5.70. The number of hydrogen-bond donors (Lipinski definition) is 0. The molecule has 3 nitrogen and oxygen atoms in total. The van der Waals surface area contributed by atoms with Crippen molar-refractivity contribution in [3.63, 3.8) is 0 Å². The van der Waals surface area contributed by atoms with Gasteiger partial charge in [-0.15, -0.1) is 0 Å². The van der Waals surface area contributed by atoms with Crippen LogP contribution < -0.4 is 5.59 Å². The molecule has 3 rings (SSSR count). The van der Waals surface area contributed by atoms with Crippen molar-refractivity contribution < 1.29 is 9.53 Å². The summed E-state index contributed by atoms with van der Waals surface area (Å²) < 4.78 is 5.45. The summed E-state index contributed by atoms with van der Waals surface area (Å²) in [6.45, 7) is 4.11. The van der Waals surface area contributed by atoms with Crippen molar-refractivity contribution in [2.24, 2.45) is 0 Å². The Kier molecular flexibility index (Phi) is 4.28. The van der Waals surface area contributed by atoms with Crippen LogP contribution in [0.25, 0.3) is 0 Å². The van der Waals surface area contributed by atoms with Crippen molar-refractivity contribution in [2.45, 2.75) is 38.6 Å². The Balaban J connectivity index is 1.81. The Bertz CT molecular complexity index is 672. The molecule has 0 aliphatic carbocycles. The third-order valence-corrected chi connectivity index (χ3v) is 4.21. The van der Waals surface area contributed by atoms with E-state index in [-0.39, 0.29) is 18.0 Å². The molecule has 4 heteroatoms. The number of hydrogen-bond acceptors (Lipinski definition) is 3. The third-order valence-electron chi connectivity index (χ3n) is 4.21. The molecule has 111 valence electrons. The summed E-state index contributed by atoms with van der Waals surface area (Å²) >= 11 is 0. The molecule has 1 aromatic carbocycles. The maximum absolute atomic E-state index is 12.0. The maximum atomic E-state index is 12.0. The van der Waals surface area contributed by atoms with Crippen LogP contribution in [0.4, 0.5) is 0 Å². The second kappa shape index (κ2) is 6.35. The molecule has 22 heavy (non-hydrogen) atoms. The standard InChI is InChI=1S/C18H19BNO2/c1-3-15-12(2)17-14(18(21)22-15)9-10-16(20-17)19-11-13-7-5-4-6-8-13/h4-10,12,15H,3,11H2,1-2H3/t12?,15-/m1/s1. The largest absolute Gasteiger partial charge is 0.458 e. The predicted molar refractivity (Wildman–Crippen MR) is 87.7 cm³/mol. The van der Waals surface area contributed by atoms with E-state index in [9.17, 15) is 4.79 Å². The molecule has 1 radical (unpaired) electrons. The average Bonchev–Trinajstić information content (AvgIpc) is 2.57. The van der Waals surface area contributed by atoms with Crippen LogP contribution in [0.5, 0.6) is 0 Å². The Morgan fingerprint density at radius 2 is 1.95 bits per heavy atom. The number of nitrogens with zero attached hydrogens (tertiary/aromatic N) is 1. The van der Waals surface area contributed by atoms with Gasteiger partial charge in [0, 0.05) is 5.92 Å². The lowest BCUT2D eigenvalue weighted by molar-refractivity contribution is 0.0175. The van der Waals surface area contributed by atoms with E-state index in [1.165, 1.54) is 5.56 Å². The van der Waals surface area contributed by atoms with E-state index >= 15 is 0 Å². The highest BCUT2D eigenvalue weighted by atomic mass is 16.5. The van der Waals surface area contributed by atoms with Crippen LogP contribution in [-0.2, 0) is 11.1 Å². The van der Waals surface area contributed by atoms with Gasteiger partial charge in [-0.3, -0.25) is 4.98 Å². The second-order valence-corrected chi connectivity index (χ2v) is 5.70. The molecule has 1 aromatic heterocycles. The monoisotopic (exact) mass is 292 g/mol. The van der Waals surface area contributed by atoms with Crippen LogP contribution in [-0.4, -0.2) is 24.3 Å². The Morgan fingerprint density at radius 1 is 1.18 bits per heavy atom. The first-order valence-corrected chi connectivity index (χ1v) is 7.78. The number of pyridine rings is 1. The first kappa shape index (κ1) is 14.8. The van der Waals surface area contributed by atoms with Crippen molar-refractivity contribution in [3.8, 4) is 0 Å². The zero-order valence-corrected chi connectivity index (χ0v) is 13.0. The van der Waals surface area contributed by atoms with Crippen molar-refractivity contribution in [2.75, 3.05) is 0 Å². The van der Waals surface area contributed by atoms with Crippen LogP contribution in [0.15, 0.2) is 42.5 Å². The van der Waals surface area contributed by atoms with E-state index in [1.807, 2.05) is 37.3 Å². The normalized spacial score (nSPS) is 20.2. The SMILES string of the molecule is CC[C@H]1OC(=O)c2ccc([B]Cc3ccccc3)nc2C1C. The van der Waals surface area contributed by atoms with E-state index in [2.05, 4.69) is 26.3 Å². The Hall–Kier alpha value is -2.10. The number of ether oxygens (including phenoxy) is 1. The summed E-state index contributed by atoms with van der Waals surface area (Å²) in [4.78, 5) is 16.7. The molecule has 1 aliphatic heterocycles. The van der Waals surface area contributed by atoms with Gasteiger partial charge in [-0.1, -0.05) is 49.7 Å². The zero-order valence-electron chi connectivity index (χ0n) is 13.0. The average molecular weight is 292 g/mol. The Morgan fingerprint density at radius 3 is 2.68 bits per heavy atom. The lowest BCUT2D eigenvalue weighted by Gasteiger charge is -2.29. The van der Waals surface area contributed by atoms with Crippen molar-refractivity contribution in [3.05, 3.63) is 59.3 Å². The van der Waals surface area contributed by atoms with E-state index in [1.54, 1.807) is 0 Å². The molecular formula is C18H19BNO2. The molecule has 0 bridgehead atoms. The minimum absolute atomic E-state index is 0.0723. The van der Waals surface area contributed by atoms with Gasteiger partial charge < -0.3 is 4.74 Å². The van der Waals surface area contributed by atoms with Crippen LogP contribution >= 0.6 is 0 Å². The molecule has 0 amide bonds. The van der Waals surface area contributed by atoms with Crippen LogP contribution in [0, 0.1) is 0 Å². The molecule has 2 aromatic rings. The molecule has 2 atom stereocenters. The molecule has 0 fully saturated rings. The summed E-state index contributed by atoms with van der Waals surface area (Å²) in [5.74, 6) is -0.107. The molecule has 0 spiro atoms. The van der Waals surface area contributed by atoms with Crippen molar-refractivity contribution in [1.29, 1.82) is 0 Å². The highest BCUT2D eigenvalue weighted by molar-refractivity contribution is 6.51. The number of cyclic esters (lactones) is 1. The van der Waals surface area contributed by atoms with Gasteiger partial charge >= 0.3 is 5.97 Å². The summed E-state index contributed by atoms with van der Waals surface area (Å²) in [6.07, 6.45) is 1.58. The molecule has 1 unspecified atom stereocenters. The number of benzene rings is 1. The van der Waals surface area contributed by atoms with E-state index in [0.717, 1.165) is 24.0 Å². The number of carbonyl (C=O) groups excluding carboxylic acids is 1. The topological polar surface area (TPSA) is 39.2 Å². The Labute approximate surface area is 132 Å². The van der Waals surface area contributed by atoms with E-state index in [4.69, 9.17) is 9.72 Å². The first-order chi connectivity index (χ1) is 10.7. The molecular weight excluding hydrogens is 273 g/mol. The predicted octanol–water partition coefficient (Wildman–Crippen LogP) is 2.66. The lowest BCUT2D eigenvalue weighted by atomic mass is 9.68. The fourth-order valence-corrected chi connectivity index (χ4v) is 2.88. The highest BCUT2D eigenvalue weighted by Gasteiger charge is 2.32. The minimum Gasteiger partial charge on any atom is -0.458 e. The van der Waals surface area contributed by atoms with Gasteiger partial charge in [-0.05, 0) is 30.5 Å². The molecule has 0 N–H and O–H groups in total. The quantitative estimate of drug-likeness (QED) is 0.642. The number of rotatable bonds is 4. The number of fused-ring (bicyclic) bond motifs is 1. The number of esters is 1. The van der Waals surface area contributed by atoms with Crippen molar-refractivity contribution >= 4 is 18.8 Å². The van der Waals surface area contributed by atoms with Gasteiger partial charge in [-0.25, -0.2) is 4.79 Å². The smallest absolute Gasteiger partial charge is 0.340 e. The summed E-state index contributed by atoms with van der Waals surface area (Å²) in [6, 6.07) is 14.0. The van der Waals surface area contributed by atoms with Crippen molar-refractivity contribution in [1.82, 2.24) is 4.98 Å². The third kappa shape index (κ3) is 2.91. The fourth-order valence-electron chi connectivity index (χ4n) is 2.88. The van der Waals surface area contributed by atoms with Crippen LogP contribution in [0.2, 0.25) is 0 Å². The van der Waals surface area contributed by atoms with Gasteiger partial charge in [0.05, 0.1) is 11.3 Å². The van der Waals surface area contributed by atoms with Gasteiger partial charge in [0.25, 0.3) is 0 Å². The molecule has 1 aliphatic rings. The zero-order chi connectivity index (χ0) is 15.5. The molecule has 2 heterocycles. The van der Waals surface area contributed by atoms with E-state index in [0.29, 0.717) is 5.56 Å². The lowest BCUT2D eigenvalue weighted by Crippen LogP contribution is -2.34. The highest BCUT2D eigenvalue weighted by Crippen LogP contribution is 2.30. The van der Waals surface area contributed by atoms with Gasteiger partial charge in [0.15, 0.2) is 7.28 Å². The molecule has 0 saturated heterocycles. The summed E-state index contributed by atoms with van der Waals surface area (Å²) in [5, 5.41) is 0. The van der Waals surface area contributed by atoms with Crippen LogP contribution in [0.1, 0.15) is 47.8 Å². The van der Waals surface area contributed by atoms with Gasteiger partial charge in [0.1, 0.15) is 6.10 Å². The number of aromatic nitrogens is 1.